The first-order valence-electron chi connectivity index (χ1n) is 7.43. The van der Waals surface area contributed by atoms with E-state index in [1.54, 1.807) is 4.90 Å². The number of amides is 1. The van der Waals surface area contributed by atoms with Crippen LogP contribution in [0.2, 0.25) is 0 Å². The van der Waals surface area contributed by atoms with E-state index in [1.807, 2.05) is 31.2 Å². The summed E-state index contributed by atoms with van der Waals surface area (Å²) in [5.74, 6) is 0.0343. The molecule has 1 amide bonds. The molecular weight excluding hydrogens is 252 g/mol. The van der Waals surface area contributed by atoms with Gasteiger partial charge in [0.2, 0.25) is 0 Å². The largest absolute Gasteiger partial charge is 0.396 e. The molecule has 0 aromatic heterocycles. The third-order valence-electron chi connectivity index (χ3n) is 3.50. The van der Waals surface area contributed by atoms with Gasteiger partial charge in [-0.25, -0.2) is 0 Å². The molecule has 1 N–H and O–H groups in total. The van der Waals surface area contributed by atoms with Crippen molar-refractivity contribution in [1.82, 2.24) is 4.90 Å². The molecule has 0 heterocycles. The molecule has 1 aromatic carbocycles. The highest BCUT2D eigenvalue weighted by molar-refractivity contribution is 5.94. The number of carbonyl (C=O) groups excluding carboxylic acids is 1. The first-order chi connectivity index (χ1) is 9.67. The fraction of sp³-hybridized carbons (Fsp3) is 0.562. The summed E-state index contributed by atoms with van der Waals surface area (Å²) in [4.78, 5) is 16.3. The number of hydrogen-bond acceptors (Lipinski definition) is 3. The Kier molecular flexibility index (Phi) is 7.09. The van der Waals surface area contributed by atoms with Crippen LogP contribution in [0.15, 0.2) is 24.3 Å². The monoisotopic (exact) mass is 278 g/mol. The van der Waals surface area contributed by atoms with Crippen LogP contribution in [-0.2, 0) is 0 Å². The lowest BCUT2D eigenvalue weighted by atomic mass is 10.1. The number of hydrogen-bond donors (Lipinski definition) is 1. The lowest BCUT2D eigenvalue weighted by molar-refractivity contribution is 0.0754. The topological polar surface area (TPSA) is 43.8 Å². The minimum absolute atomic E-state index is 0.0343. The predicted molar refractivity (Wildman–Crippen MR) is 83.3 cm³/mol. The van der Waals surface area contributed by atoms with Crippen molar-refractivity contribution in [3.63, 3.8) is 0 Å². The summed E-state index contributed by atoms with van der Waals surface area (Å²) in [5, 5.41) is 8.87. The van der Waals surface area contributed by atoms with Crippen molar-refractivity contribution in [3.8, 4) is 0 Å². The molecule has 20 heavy (non-hydrogen) atoms. The van der Waals surface area contributed by atoms with Gasteiger partial charge >= 0.3 is 0 Å². The van der Waals surface area contributed by atoms with Gasteiger partial charge in [-0.3, -0.25) is 4.79 Å². The third-order valence-corrected chi connectivity index (χ3v) is 3.50. The molecule has 112 valence electrons. The van der Waals surface area contributed by atoms with E-state index in [-0.39, 0.29) is 12.5 Å². The van der Waals surface area contributed by atoms with Crippen LogP contribution in [-0.4, -0.2) is 48.7 Å². The third kappa shape index (κ3) is 4.23. The molecule has 0 radical (unpaired) electrons. The van der Waals surface area contributed by atoms with Crippen LogP contribution >= 0.6 is 0 Å². The molecule has 0 bridgehead atoms. The van der Waals surface area contributed by atoms with Gasteiger partial charge in [0, 0.05) is 44.0 Å². The Hall–Kier alpha value is -1.55. The number of aliphatic hydroxyl groups excluding tert-OH is 1. The minimum Gasteiger partial charge on any atom is -0.396 e. The summed E-state index contributed by atoms with van der Waals surface area (Å²) in [6.07, 6.45) is 0.622. The van der Waals surface area contributed by atoms with Gasteiger partial charge in [-0.05, 0) is 51.5 Å². The van der Waals surface area contributed by atoms with Crippen LogP contribution in [0.5, 0.6) is 0 Å². The Labute approximate surface area is 122 Å². The lowest BCUT2D eigenvalue weighted by Gasteiger charge is -2.23. The van der Waals surface area contributed by atoms with Gasteiger partial charge in [0.25, 0.3) is 5.91 Å². The predicted octanol–water partition coefficient (Wildman–Crippen LogP) is 2.38. The fourth-order valence-corrected chi connectivity index (χ4v) is 2.25. The van der Waals surface area contributed by atoms with Gasteiger partial charge in [-0.15, -0.1) is 0 Å². The van der Waals surface area contributed by atoms with Crippen molar-refractivity contribution >= 4 is 11.6 Å². The highest BCUT2D eigenvalue weighted by Crippen LogP contribution is 2.16. The van der Waals surface area contributed by atoms with Gasteiger partial charge in [0.05, 0.1) is 0 Å². The molecule has 4 heteroatoms. The second-order valence-electron chi connectivity index (χ2n) is 4.68. The molecule has 4 nitrogen and oxygen atoms in total. The maximum atomic E-state index is 12.3. The van der Waals surface area contributed by atoms with E-state index in [0.717, 1.165) is 18.8 Å². The van der Waals surface area contributed by atoms with Gasteiger partial charge in [0.1, 0.15) is 0 Å². The fourth-order valence-electron chi connectivity index (χ4n) is 2.25. The molecular formula is C16H26N2O2. The van der Waals surface area contributed by atoms with Crippen LogP contribution in [0.3, 0.4) is 0 Å². The zero-order valence-electron chi connectivity index (χ0n) is 12.8. The van der Waals surface area contributed by atoms with Crippen molar-refractivity contribution in [1.29, 1.82) is 0 Å². The Morgan fingerprint density at radius 1 is 1.05 bits per heavy atom. The molecule has 0 saturated heterocycles. The van der Waals surface area contributed by atoms with Crippen molar-refractivity contribution in [2.75, 3.05) is 37.7 Å². The number of aliphatic hydroxyl groups is 1. The van der Waals surface area contributed by atoms with Crippen molar-refractivity contribution in [2.24, 2.45) is 0 Å². The van der Waals surface area contributed by atoms with Gasteiger partial charge in [-0.2, -0.15) is 0 Å². The highest BCUT2D eigenvalue weighted by Gasteiger charge is 2.13. The Balaban J connectivity index is 2.78. The van der Waals surface area contributed by atoms with E-state index in [0.29, 0.717) is 25.1 Å². The van der Waals surface area contributed by atoms with Crippen molar-refractivity contribution in [2.45, 2.75) is 27.2 Å². The van der Waals surface area contributed by atoms with Crippen LogP contribution in [0.4, 0.5) is 5.69 Å². The van der Waals surface area contributed by atoms with Crippen LogP contribution in [0, 0.1) is 0 Å². The quantitative estimate of drug-likeness (QED) is 0.794. The molecule has 0 aliphatic heterocycles. The van der Waals surface area contributed by atoms with Gasteiger partial charge in [-0.1, -0.05) is 0 Å². The first-order valence-corrected chi connectivity index (χ1v) is 7.43. The number of nitrogens with zero attached hydrogens (tertiary/aromatic N) is 2. The van der Waals surface area contributed by atoms with Gasteiger partial charge < -0.3 is 14.9 Å². The molecule has 0 aliphatic carbocycles. The minimum atomic E-state index is 0.0343. The summed E-state index contributed by atoms with van der Waals surface area (Å²) in [6, 6.07) is 7.77. The standard InChI is InChI=1S/C16H26N2O2/c1-4-17(5-2)15-10-8-14(9-11-15)16(20)18(6-3)12-7-13-19/h8-11,19H,4-7,12-13H2,1-3H3. The second-order valence-corrected chi connectivity index (χ2v) is 4.68. The summed E-state index contributed by atoms with van der Waals surface area (Å²) in [7, 11) is 0. The number of carbonyl (C=O) groups is 1. The summed E-state index contributed by atoms with van der Waals surface area (Å²) >= 11 is 0. The summed E-state index contributed by atoms with van der Waals surface area (Å²) in [5.41, 5.74) is 1.85. The molecule has 0 fully saturated rings. The molecule has 0 atom stereocenters. The van der Waals surface area contributed by atoms with E-state index < -0.39 is 0 Å². The normalized spacial score (nSPS) is 10.4. The molecule has 0 aliphatic rings. The molecule has 0 unspecified atom stereocenters. The molecule has 0 spiro atoms. The highest BCUT2D eigenvalue weighted by atomic mass is 16.3. The van der Waals surface area contributed by atoms with E-state index in [4.69, 9.17) is 5.11 Å². The summed E-state index contributed by atoms with van der Waals surface area (Å²) < 4.78 is 0. The average molecular weight is 278 g/mol. The maximum Gasteiger partial charge on any atom is 0.253 e. The van der Waals surface area contributed by atoms with E-state index in [1.165, 1.54) is 0 Å². The van der Waals surface area contributed by atoms with E-state index in [9.17, 15) is 4.79 Å². The van der Waals surface area contributed by atoms with Crippen molar-refractivity contribution in [3.05, 3.63) is 29.8 Å². The SMILES string of the molecule is CCN(CCCO)C(=O)c1ccc(N(CC)CC)cc1. The second kappa shape index (κ2) is 8.59. The number of rotatable bonds is 8. The zero-order chi connectivity index (χ0) is 15.0. The smallest absolute Gasteiger partial charge is 0.253 e. The average Bonchev–Trinajstić information content (AvgIpc) is 2.49. The Bertz CT molecular complexity index is 399. The van der Waals surface area contributed by atoms with Crippen molar-refractivity contribution < 1.29 is 9.90 Å². The molecule has 1 aromatic rings. The lowest BCUT2D eigenvalue weighted by Crippen LogP contribution is -2.32. The first kappa shape index (κ1) is 16.5. The Morgan fingerprint density at radius 3 is 2.10 bits per heavy atom. The zero-order valence-corrected chi connectivity index (χ0v) is 12.8. The van der Waals surface area contributed by atoms with E-state index >= 15 is 0 Å². The number of anilines is 1. The maximum absolute atomic E-state index is 12.3. The molecule has 0 saturated carbocycles. The van der Waals surface area contributed by atoms with Crippen LogP contribution in [0.25, 0.3) is 0 Å². The molecule has 1 rings (SSSR count). The van der Waals surface area contributed by atoms with E-state index in [2.05, 4.69) is 18.7 Å². The summed E-state index contributed by atoms with van der Waals surface area (Å²) in [6.45, 7) is 9.50. The number of benzene rings is 1. The van der Waals surface area contributed by atoms with Crippen LogP contribution in [0.1, 0.15) is 37.6 Å². The Morgan fingerprint density at radius 2 is 1.65 bits per heavy atom. The van der Waals surface area contributed by atoms with Crippen LogP contribution < -0.4 is 4.90 Å². The van der Waals surface area contributed by atoms with Gasteiger partial charge in [0.15, 0.2) is 0 Å².